The zero-order valence-electron chi connectivity index (χ0n) is 16.3. The Morgan fingerprint density at radius 3 is 2.44 bits per heavy atom. The number of benzene rings is 1. The van der Waals surface area contributed by atoms with Crippen molar-refractivity contribution < 1.29 is 24.2 Å². The lowest BCUT2D eigenvalue weighted by Crippen LogP contribution is -2.59. The van der Waals surface area contributed by atoms with Crippen molar-refractivity contribution in [1.82, 2.24) is 10.2 Å². The van der Waals surface area contributed by atoms with E-state index in [9.17, 15) is 19.5 Å². The molecule has 7 nitrogen and oxygen atoms in total. The predicted octanol–water partition coefficient (Wildman–Crippen LogP) is 2.59. The number of nitrogens with zero attached hydrogens (tertiary/aromatic N) is 1. The van der Waals surface area contributed by atoms with Crippen molar-refractivity contribution in [2.24, 2.45) is 0 Å². The van der Waals surface area contributed by atoms with E-state index >= 15 is 0 Å². The summed E-state index contributed by atoms with van der Waals surface area (Å²) in [5, 5.41) is 12.1. The van der Waals surface area contributed by atoms with Crippen molar-refractivity contribution >= 4 is 18.0 Å². The van der Waals surface area contributed by atoms with E-state index in [1.54, 1.807) is 27.7 Å². The molecule has 2 N–H and O–H groups in total. The highest BCUT2D eigenvalue weighted by atomic mass is 16.6. The molecule has 0 spiro atoms. The summed E-state index contributed by atoms with van der Waals surface area (Å²) in [6, 6.07) is 8.03. The van der Waals surface area contributed by atoms with Gasteiger partial charge in [0.1, 0.15) is 17.2 Å². The highest BCUT2D eigenvalue weighted by Crippen LogP contribution is 2.31. The SMILES string of the molecule is CC(C)(C)OC(=O)N1CCC[C@@]1(C)C(=O)N[C@@H](Cc1ccccc1)C(=O)O. The lowest BCUT2D eigenvalue weighted by atomic mass is 9.96. The third-order valence-electron chi connectivity index (χ3n) is 4.63. The summed E-state index contributed by atoms with van der Waals surface area (Å²) < 4.78 is 5.41. The summed E-state index contributed by atoms with van der Waals surface area (Å²) in [6.45, 7) is 7.34. The van der Waals surface area contributed by atoms with Gasteiger partial charge in [-0.05, 0) is 46.1 Å². The van der Waals surface area contributed by atoms with Crippen LogP contribution in [0, 0.1) is 0 Å². The van der Waals surface area contributed by atoms with E-state index in [-0.39, 0.29) is 6.42 Å². The average molecular weight is 376 g/mol. The van der Waals surface area contributed by atoms with Gasteiger partial charge in [0.25, 0.3) is 0 Å². The van der Waals surface area contributed by atoms with Gasteiger partial charge in [-0.3, -0.25) is 9.69 Å². The van der Waals surface area contributed by atoms with Crippen molar-refractivity contribution in [1.29, 1.82) is 0 Å². The second-order valence-corrected chi connectivity index (χ2v) is 8.06. The number of hydrogen-bond acceptors (Lipinski definition) is 4. The first kappa shape index (κ1) is 20.7. The fourth-order valence-electron chi connectivity index (χ4n) is 3.17. The summed E-state index contributed by atoms with van der Waals surface area (Å²) >= 11 is 0. The summed E-state index contributed by atoms with van der Waals surface area (Å²) in [7, 11) is 0. The Kier molecular flexibility index (Phi) is 6.13. The first-order chi connectivity index (χ1) is 12.5. The summed E-state index contributed by atoms with van der Waals surface area (Å²) in [6.07, 6.45) is 0.715. The van der Waals surface area contributed by atoms with Crippen LogP contribution in [0.15, 0.2) is 30.3 Å². The van der Waals surface area contributed by atoms with Crippen molar-refractivity contribution in [3.05, 3.63) is 35.9 Å². The van der Waals surface area contributed by atoms with E-state index in [0.29, 0.717) is 19.4 Å². The standard InChI is InChI=1S/C20H28N2O5/c1-19(2,3)27-18(26)22-12-8-11-20(22,4)17(25)21-15(16(23)24)13-14-9-6-5-7-10-14/h5-7,9-10,15H,8,11-13H2,1-4H3,(H,21,25)(H,23,24)/t15-,20-/m0/s1. The van der Waals surface area contributed by atoms with Gasteiger partial charge in [0.2, 0.25) is 5.91 Å². The average Bonchev–Trinajstić information content (AvgIpc) is 2.97. The van der Waals surface area contributed by atoms with Crippen LogP contribution in [0.25, 0.3) is 0 Å². The molecule has 0 aromatic heterocycles. The lowest BCUT2D eigenvalue weighted by molar-refractivity contribution is -0.143. The number of carboxylic acids is 1. The molecule has 2 atom stereocenters. The fraction of sp³-hybridized carbons (Fsp3) is 0.550. The van der Waals surface area contributed by atoms with Gasteiger partial charge in [-0.2, -0.15) is 0 Å². The maximum absolute atomic E-state index is 12.9. The third kappa shape index (κ3) is 5.21. The second-order valence-electron chi connectivity index (χ2n) is 8.06. The smallest absolute Gasteiger partial charge is 0.411 e. The molecular formula is C20H28N2O5. The van der Waals surface area contributed by atoms with E-state index in [4.69, 9.17) is 4.74 Å². The van der Waals surface area contributed by atoms with Gasteiger partial charge in [-0.25, -0.2) is 9.59 Å². The highest BCUT2D eigenvalue weighted by Gasteiger charge is 2.48. The van der Waals surface area contributed by atoms with Crippen molar-refractivity contribution in [3.8, 4) is 0 Å². The largest absolute Gasteiger partial charge is 0.480 e. The predicted molar refractivity (Wildman–Crippen MR) is 100 cm³/mol. The molecule has 0 aliphatic carbocycles. The van der Waals surface area contributed by atoms with E-state index in [1.807, 2.05) is 30.3 Å². The number of rotatable bonds is 5. The molecule has 1 heterocycles. The summed E-state index contributed by atoms with van der Waals surface area (Å²) in [5.41, 5.74) is -0.994. The van der Waals surface area contributed by atoms with Crippen LogP contribution in [0.4, 0.5) is 4.79 Å². The van der Waals surface area contributed by atoms with Crippen LogP contribution in [0.3, 0.4) is 0 Å². The third-order valence-corrected chi connectivity index (χ3v) is 4.63. The molecule has 0 unspecified atom stereocenters. The fourth-order valence-corrected chi connectivity index (χ4v) is 3.17. The van der Waals surface area contributed by atoms with Crippen LogP contribution >= 0.6 is 0 Å². The molecule has 27 heavy (non-hydrogen) atoms. The van der Waals surface area contributed by atoms with Gasteiger partial charge in [0.15, 0.2) is 0 Å². The maximum atomic E-state index is 12.9. The number of amides is 2. The molecule has 148 valence electrons. The molecule has 7 heteroatoms. The number of ether oxygens (including phenoxy) is 1. The number of carbonyl (C=O) groups is 3. The van der Waals surface area contributed by atoms with E-state index in [0.717, 1.165) is 5.56 Å². The van der Waals surface area contributed by atoms with Crippen molar-refractivity contribution in [3.63, 3.8) is 0 Å². The molecule has 1 fully saturated rings. The zero-order chi connectivity index (χ0) is 20.2. The Balaban J connectivity index is 2.13. The summed E-state index contributed by atoms with van der Waals surface area (Å²) in [4.78, 5) is 38.5. The van der Waals surface area contributed by atoms with Crippen LogP contribution in [-0.2, 0) is 20.7 Å². The first-order valence-electron chi connectivity index (χ1n) is 9.11. The molecule has 1 aromatic rings. The topological polar surface area (TPSA) is 95.9 Å². The van der Waals surface area contributed by atoms with E-state index in [2.05, 4.69) is 5.32 Å². The number of hydrogen-bond donors (Lipinski definition) is 2. The molecular weight excluding hydrogens is 348 g/mol. The lowest BCUT2D eigenvalue weighted by Gasteiger charge is -2.35. The van der Waals surface area contributed by atoms with Gasteiger partial charge in [-0.15, -0.1) is 0 Å². The first-order valence-corrected chi connectivity index (χ1v) is 9.11. The molecule has 2 amide bonds. The molecule has 1 aliphatic heterocycles. The Morgan fingerprint density at radius 1 is 1.26 bits per heavy atom. The van der Waals surface area contributed by atoms with Gasteiger partial charge in [-0.1, -0.05) is 30.3 Å². The van der Waals surface area contributed by atoms with Crippen molar-refractivity contribution in [2.75, 3.05) is 6.54 Å². The second kappa shape index (κ2) is 7.98. The summed E-state index contributed by atoms with van der Waals surface area (Å²) in [5.74, 6) is -1.59. The van der Waals surface area contributed by atoms with Crippen LogP contribution in [0.5, 0.6) is 0 Å². The number of carbonyl (C=O) groups excluding carboxylic acids is 2. The quantitative estimate of drug-likeness (QED) is 0.823. The normalized spacial score (nSPS) is 20.8. The van der Waals surface area contributed by atoms with Crippen LogP contribution in [0.2, 0.25) is 0 Å². The van der Waals surface area contributed by atoms with E-state index in [1.165, 1.54) is 4.90 Å². The maximum Gasteiger partial charge on any atom is 0.411 e. The Bertz CT molecular complexity index is 698. The molecule has 0 radical (unpaired) electrons. The number of carboxylic acid groups (broad SMARTS) is 1. The number of nitrogens with one attached hydrogen (secondary N) is 1. The van der Waals surface area contributed by atoms with Gasteiger partial charge < -0.3 is 15.2 Å². The van der Waals surface area contributed by atoms with Crippen molar-refractivity contribution in [2.45, 2.75) is 64.1 Å². The monoisotopic (exact) mass is 376 g/mol. The Labute approximate surface area is 159 Å². The number of likely N-dealkylation sites (tertiary alicyclic amines) is 1. The Morgan fingerprint density at radius 2 is 1.89 bits per heavy atom. The Hall–Kier alpha value is -2.57. The molecule has 2 rings (SSSR count). The molecule has 0 bridgehead atoms. The minimum atomic E-state index is -1.13. The molecule has 1 aliphatic rings. The van der Waals surface area contributed by atoms with Crippen LogP contribution in [-0.4, -0.2) is 51.7 Å². The van der Waals surface area contributed by atoms with Crippen LogP contribution in [0.1, 0.15) is 46.1 Å². The molecule has 1 aromatic carbocycles. The number of aliphatic carboxylic acids is 1. The minimum absolute atomic E-state index is 0.171. The van der Waals surface area contributed by atoms with Crippen LogP contribution < -0.4 is 5.32 Å². The van der Waals surface area contributed by atoms with Gasteiger partial charge in [0, 0.05) is 13.0 Å². The van der Waals surface area contributed by atoms with E-state index < -0.39 is 35.2 Å². The zero-order valence-corrected chi connectivity index (χ0v) is 16.3. The molecule has 0 saturated carbocycles. The van der Waals surface area contributed by atoms with Gasteiger partial charge in [0.05, 0.1) is 0 Å². The minimum Gasteiger partial charge on any atom is -0.480 e. The highest BCUT2D eigenvalue weighted by molar-refractivity contribution is 5.93. The van der Waals surface area contributed by atoms with Gasteiger partial charge >= 0.3 is 12.1 Å². The molecule has 1 saturated heterocycles.